The molecule has 0 saturated carbocycles. The lowest BCUT2D eigenvalue weighted by Gasteiger charge is -2.25. The van der Waals surface area contributed by atoms with Gasteiger partial charge < -0.3 is 4.90 Å². The molecule has 4 heteroatoms. The zero-order valence-electron chi connectivity index (χ0n) is 9.47. The maximum absolute atomic E-state index is 11.9. The molecule has 0 aromatic carbocycles. The Hall–Kier alpha value is -1.58. The summed E-state index contributed by atoms with van der Waals surface area (Å²) >= 11 is 0. The summed E-state index contributed by atoms with van der Waals surface area (Å²) in [7, 11) is 1.76. The molecule has 0 unspecified atom stereocenters. The predicted octanol–water partition coefficient (Wildman–Crippen LogP) is 1.98. The molecule has 15 heavy (non-hydrogen) atoms. The van der Waals surface area contributed by atoms with E-state index in [4.69, 9.17) is 0 Å². The number of amides is 2. The number of hydrogen-bond donors (Lipinski definition) is 0. The molecule has 1 rings (SSSR count). The van der Waals surface area contributed by atoms with Crippen molar-refractivity contribution in [2.45, 2.75) is 13.8 Å². The fraction of sp³-hybridized carbons (Fsp3) is 0.455. The second kappa shape index (κ2) is 5.34. The molecule has 0 spiro atoms. The van der Waals surface area contributed by atoms with E-state index in [-0.39, 0.29) is 6.03 Å². The molecule has 1 aromatic rings. The first-order chi connectivity index (χ1) is 7.20. The topological polar surface area (TPSA) is 36.4 Å². The highest BCUT2D eigenvalue weighted by molar-refractivity contribution is 5.91. The Labute approximate surface area is 90.5 Å². The Morgan fingerprint density at radius 3 is 2.53 bits per heavy atom. The van der Waals surface area contributed by atoms with Gasteiger partial charge in [0, 0.05) is 26.3 Å². The van der Waals surface area contributed by atoms with Crippen LogP contribution in [0.4, 0.5) is 10.5 Å². The first kappa shape index (κ1) is 11.5. The van der Waals surface area contributed by atoms with Gasteiger partial charge >= 0.3 is 6.03 Å². The van der Waals surface area contributed by atoms with Gasteiger partial charge in [0.2, 0.25) is 0 Å². The van der Waals surface area contributed by atoms with Crippen LogP contribution in [0.5, 0.6) is 0 Å². The van der Waals surface area contributed by atoms with Crippen molar-refractivity contribution >= 4 is 11.7 Å². The van der Waals surface area contributed by atoms with Crippen LogP contribution in [0.3, 0.4) is 0 Å². The SMILES string of the molecule is CCN(CC)C(=O)N(C)c1cccnc1. The predicted molar refractivity (Wildman–Crippen MR) is 61.0 cm³/mol. The van der Waals surface area contributed by atoms with E-state index in [1.165, 1.54) is 0 Å². The number of carbonyl (C=O) groups excluding carboxylic acids is 1. The second-order valence-electron chi connectivity index (χ2n) is 3.23. The van der Waals surface area contributed by atoms with Gasteiger partial charge in [0.1, 0.15) is 0 Å². The van der Waals surface area contributed by atoms with Crippen LogP contribution in [0.25, 0.3) is 0 Å². The minimum absolute atomic E-state index is 0.00741. The monoisotopic (exact) mass is 207 g/mol. The van der Waals surface area contributed by atoms with Crippen LogP contribution in [0.2, 0.25) is 0 Å². The van der Waals surface area contributed by atoms with Crippen molar-refractivity contribution in [1.29, 1.82) is 0 Å². The quantitative estimate of drug-likeness (QED) is 0.760. The van der Waals surface area contributed by atoms with Crippen LogP contribution in [0, 0.1) is 0 Å². The number of carbonyl (C=O) groups is 1. The van der Waals surface area contributed by atoms with Gasteiger partial charge in [-0.3, -0.25) is 9.88 Å². The molecule has 0 bridgehead atoms. The molecule has 0 aliphatic rings. The van der Waals surface area contributed by atoms with Crippen molar-refractivity contribution in [1.82, 2.24) is 9.88 Å². The number of anilines is 1. The highest BCUT2D eigenvalue weighted by Crippen LogP contribution is 2.11. The van der Waals surface area contributed by atoms with Crippen LogP contribution < -0.4 is 4.90 Å². The number of pyridine rings is 1. The third kappa shape index (κ3) is 2.68. The van der Waals surface area contributed by atoms with E-state index in [1.807, 2.05) is 26.0 Å². The van der Waals surface area contributed by atoms with E-state index in [0.29, 0.717) is 0 Å². The number of rotatable bonds is 3. The summed E-state index contributed by atoms with van der Waals surface area (Å²) in [5, 5.41) is 0. The second-order valence-corrected chi connectivity index (χ2v) is 3.23. The number of urea groups is 1. The normalized spacial score (nSPS) is 9.80. The average Bonchev–Trinajstić information content (AvgIpc) is 2.30. The van der Waals surface area contributed by atoms with Crippen molar-refractivity contribution in [3.05, 3.63) is 24.5 Å². The van der Waals surface area contributed by atoms with Crippen molar-refractivity contribution in [3.63, 3.8) is 0 Å². The molecule has 4 nitrogen and oxygen atoms in total. The largest absolute Gasteiger partial charge is 0.325 e. The first-order valence-electron chi connectivity index (χ1n) is 5.13. The zero-order valence-corrected chi connectivity index (χ0v) is 9.47. The summed E-state index contributed by atoms with van der Waals surface area (Å²) in [6.45, 7) is 5.39. The molecule has 0 fully saturated rings. The number of nitrogens with zero attached hydrogens (tertiary/aromatic N) is 3. The fourth-order valence-corrected chi connectivity index (χ4v) is 1.37. The third-order valence-electron chi connectivity index (χ3n) is 2.35. The smallest absolute Gasteiger partial charge is 0.324 e. The van der Waals surface area contributed by atoms with Crippen LogP contribution in [-0.4, -0.2) is 36.1 Å². The van der Waals surface area contributed by atoms with Gasteiger partial charge in [0.15, 0.2) is 0 Å². The lowest BCUT2D eigenvalue weighted by atomic mass is 10.4. The molecule has 0 saturated heterocycles. The highest BCUT2D eigenvalue weighted by atomic mass is 16.2. The third-order valence-corrected chi connectivity index (χ3v) is 2.35. The first-order valence-corrected chi connectivity index (χ1v) is 5.13. The Morgan fingerprint density at radius 1 is 1.40 bits per heavy atom. The van der Waals surface area contributed by atoms with Crippen LogP contribution in [0.15, 0.2) is 24.5 Å². The molecule has 0 aliphatic heterocycles. The Balaban J connectivity index is 2.76. The van der Waals surface area contributed by atoms with Crippen LogP contribution in [0.1, 0.15) is 13.8 Å². The van der Waals surface area contributed by atoms with Crippen molar-refractivity contribution in [2.75, 3.05) is 25.0 Å². The Morgan fingerprint density at radius 2 is 2.07 bits per heavy atom. The van der Waals surface area contributed by atoms with E-state index < -0.39 is 0 Å². The molecule has 0 radical (unpaired) electrons. The molecular weight excluding hydrogens is 190 g/mol. The van der Waals surface area contributed by atoms with Gasteiger partial charge in [-0.05, 0) is 26.0 Å². The van der Waals surface area contributed by atoms with E-state index in [9.17, 15) is 4.79 Å². The molecule has 1 aromatic heterocycles. The van der Waals surface area contributed by atoms with Crippen LogP contribution in [-0.2, 0) is 0 Å². The van der Waals surface area contributed by atoms with Crippen molar-refractivity contribution < 1.29 is 4.79 Å². The molecule has 0 N–H and O–H groups in total. The van der Waals surface area contributed by atoms with Gasteiger partial charge in [-0.1, -0.05) is 0 Å². The highest BCUT2D eigenvalue weighted by Gasteiger charge is 2.15. The van der Waals surface area contributed by atoms with Gasteiger partial charge in [0.25, 0.3) is 0 Å². The van der Waals surface area contributed by atoms with Crippen molar-refractivity contribution in [2.24, 2.45) is 0 Å². The van der Waals surface area contributed by atoms with E-state index in [1.54, 1.807) is 29.2 Å². The Bertz CT molecular complexity index is 309. The maximum Gasteiger partial charge on any atom is 0.324 e. The van der Waals surface area contributed by atoms with Gasteiger partial charge in [0.05, 0.1) is 11.9 Å². The molecule has 1 heterocycles. The number of aromatic nitrogens is 1. The lowest BCUT2D eigenvalue weighted by molar-refractivity contribution is 0.211. The van der Waals surface area contributed by atoms with E-state index in [2.05, 4.69) is 4.98 Å². The maximum atomic E-state index is 11.9. The lowest BCUT2D eigenvalue weighted by Crippen LogP contribution is -2.41. The molecular formula is C11H17N3O. The summed E-state index contributed by atoms with van der Waals surface area (Å²) in [5.41, 5.74) is 0.814. The molecule has 2 amide bonds. The summed E-state index contributed by atoms with van der Waals surface area (Å²) in [5.74, 6) is 0. The van der Waals surface area contributed by atoms with Gasteiger partial charge in [-0.2, -0.15) is 0 Å². The number of hydrogen-bond acceptors (Lipinski definition) is 2. The molecule has 0 aliphatic carbocycles. The summed E-state index contributed by atoms with van der Waals surface area (Å²) < 4.78 is 0. The molecule has 0 atom stereocenters. The average molecular weight is 207 g/mol. The van der Waals surface area contributed by atoms with Crippen LogP contribution >= 0.6 is 0 Å². The Kier molecular flexibility index (Phi) is 4.09. The van der Waals surface area contributed by atoms with Crippen molar-refractivity contribution in [3.8, 4) is 0 Å². The minimum atomic E-state index is 0.00741. The summed E-state index contributed by atoms with van der Waals surface area (Å²) in [6.07, 6.45) is 3.38. The fourth-order valence-electron chi connectivity index (χ4n) is 1.37. The van der Waals surface area contributed by atoms with E-state index >= 15 is 0 Å². The summed E-state index contributed by atoms with van der Waals surface area (Å²) in [4.78, 5) is 19.3. The van der Waals surface area contributed by atoms with Gasteiger partial charge in [-0.15, -0.1) is 0 Å². The minimum Gasteiger partial charge on any atom is -0.325 e. The standard InChI is InChI=1S/C11H17N3O/c1-4-14(5-2)11(15)13(3)10-7-6-8-12-9-10/h6-9H,4-5H2,1-3H3. The summed E-state index contributed by atoms with van der Waals surface area (Å²) in [6, 6.07) is 3.70. The van der Waals surface area contributed by atoms with Gasteiger partial charge in [-0.25, -0.2) is 4.79 Å². The zero-order chi connectivity index (χ0) is 11.3. The van der Waals surface area contributed by atoms with E-state index in [0.717, 1.165) is 18.8 Å². The molecule has 82 valence electrons.